The number of hydrogen-bond donors (Lipinski definition) is 2. The number of rotatable bonds is 3. The Morgan fingerprint density at radius 1 is 1.44 bits per heavy atom. The van der Waals surface area contributed by atoms with Crippen LogP contribution in [0.15, 0.2) is 47.8 Å². The number of aromatic nitrogens is 1. The number of hydrogen-bond acceptors (Lipinski definition) is 2. The molecule has 0 radical (unpaired) electrons. The highest BCUT2D eigenvalue weighted by molar-refractivity contribution is 5.83. The van der Waals surface area contributed by atoms with Crippen molar-refractivity contribution in [2.45, 2.75) is 13.0 Å². The van der Waals surface area contributed by atoms with Crippen molar-refractivity contribution < 1.29 is 0 Å². The number of nitrogens with one attached hydrogen (secondary N) is 2. The molecule has 3 heteroatoms. The molecule has 0 aliphatic carbocycles. The van der Waals surface area contributed by atoms with Crippen molar-refractivity contribution in [2.75, 3.05) is 5.32 Å². The summed E-state index contributed by atoms with van der Waals surface area (Å²) in [5, 5.41) is 4.79. The molecule has 82 valence electrons. The Labute approximate surface area is 93.8 Å². The Bertz CT molecular complexity index is 571. The van der Waals surface area contributed by atoms with Crippen LogP contribution in [0.1, 0.15) is 6.92 Å². The number of aromatic amines is 1. The van der Waals surface area contributed by atoms with Crippen LogP contribution in [0.25, 0.3) is 10.8 Å². The summed E-state index contributed by atoms with van der Waals surface area (Å²) in [5.74, 6) is 0.719. The quantitative estimate of drug-likeness (QED) is 0.771. The van der Waals surface area contributed by atoms with Gasteiger partial charge in [0.1, 0.15) is 5.82 Å². The van der Waals surface area contributed by atoms with E-state index in [-0.39, 0.29) is 11.6 Å². The van der Waals surface area contributed by atoms with E-state index < -0.39 is 0 Å². The second kappa shape index (κ2) is 4.23. The van der Waals surface area contributed by atoms with Crippen LogP contribution in [0.5, 0.6) is 0 Å². The largest absolute Gasteiger partial charge is 0.366 e. The van der Waals surface area contributed by atoms with Crippen molar-refractivity contribution in [1.29, 1.82) is 0 Å². The Hall–Kier alpha value is -2.03. The molecule has 0 saturated carbocycles. The molecule has 2 aromatic rings. The molecule has 1 aromatic carbocycles. The fourth-order valence-electron chi connectivity index (χ4n) is 1.59. The van der Waals surface area contributed by atoms with Crippen LogP contribution >= 0.6 is 0 Å². The van der Waals surface area contributed by atoms with Crippen molar-refractivity contribution in [1.82, 2.24) is 4.98 Å². The summed E-state index contributed by atoms with van der Waals surface area (Å²) in [5.41, 5.74) is -0.0723. The molecule has 1 atom stereocenters. The highest BCUT2D eigenvalue weighted by atomic mass is 16.1. The van der Waals surface area contributed by atoms with Crippen LogP contribution in [0.2, 0.25) is 0 Å². The van der Waals surface area contributed by atoms with Crippen LogP contribution < -0.4 is 10.9 Å². The normalized spacial score (nSPS) is 12.3. The number of benzene rings is 1. The monoisotopic (exact) mass is 214 g/mol. The third kappa shape index (κ3) is 1.98. The molecule has 0 bridgehead atoms. The second-order valence-electron chi connectivity index (χ2n) is 3.77. The minimum Gasteiger partial charge on any atom is -0.366 e. The van der Waals surface area contributed by atoms with E-state index in [0.29, 0.717) is 5.39 Å². The number of fused-ring (bicyclic) bond motifs is 1. The van der Waals surface area contributed by atoms with E-state index in [1.165, 1.54) is 0 Å². The standard InChI is InChI=1S/C13H14N2O/c1-3-9(2)14-12-8-10-6-4-5-7-11(10)13(16)15-12/h3-9H,1H2,2H3,(H2,14,15,16). The van der Waals surface area contributed by atoms with Gasteiger partial charge in [-0.15, -0.1) is 6.58 Å². The van der Waals surface area contributed by atoms with E-state index in [1.807, 2.05) is 37.3 Å². The SMILES string of the molecule is C=CC(C)Nc1cc2ccccc2c(=O)[nH]1. The third-order valence-electron chi connectivity index (χ3n) is 2.49. The highest BCUT2D eigenvalue weighted by Crippen LogP contribution is 2.13. The second-order valence-corrected chi connectivity index (χ2v) is 3.77. The van der Waals surface area contributed by atoms with Gasteiger partial charge in [-0.25, -0.2) is 0 Å². The van der Waals surface area contributed by atoms with E-state index in [4.69, 9.17) is 0 Å². The average Bonchev–Trinajstić information content (AvgIpc) is 2.29. The molecule has 0 saturated heterocycles. The summed E-state index contributed by atoms with van der Waals surface area (Å²) in [4.78, 5) is 14.5. The summed E-state index contributed by atoms with van der Waals surface area (Å²) in [6, 6.07) is 9.57. The first-order valence-electron chi connectivity index (χ1n) is 5.22. The average molecular weight is 214 g/mol. The molecule has 0 spiro atoms. The zero-order chi connectivity index (χ0) is 11.5. The predicted molar refractivity (Wildman–Crippen MR) is 67.9 cm³/mol. The molecule has 0 aliphatic heterocycles. The van der Waals surface area contributed by atoms with Gasteiger partial charge in [0.25, 0.3) is 5.56 Å². The highest BCUT2D eigenvalue weighted by Gasteiger charge is 2.02. The molecule has 3 nitrogen and oxygen atoms in total. The lowest BCUT2D eigenvalue weighted by molar-refractivity contribution is 0.982. The summed E-state index contributed by atoms with van der Waals surface area (Å²) in [6.07, 6.45) is 1.79. The van der Waals surface area contributed by atoms with E-state index in [0.717, 1.165) is 11.2 Å². The molecular formula is C13H14N2O. The van der Waals surface area contributed by atoms with Crippen LogP contribution in [0, 0.1) is 0 Å². The zero-order valence-electron chi connectivity index (χ0n) is 9.16. The number of H-pyrrole nitrogens is 1. The van der Waals surface area contributed by atoms with Gasteiger partial charge in [-0.2, -0.15) is 0 Å². The van der Waals surface area contributed by atoms with Gasteiger partial charge < -0.3 is 10.3 Å². The molecule has 2 rings (SSSR count). The maximum Gasteiger partial charge on any atom is 0.257 e. The fourth-order valence-corrected chi connectivity index (χ4v) is 1.59. The molecule has 2 N–H and O–H groups in total. The third-order valence-corrected chi connectivity index (χ3v) is 2.49. The van der Waals surface area contributed by atoms with Gasteiger partial charge >= 0.3 is 0 Å². The molecule has 1 aromatic heterocycles. The Balaban J connectivity index is 2.50. The number of pyridine rings is 1. The van der Waals surface area contributed by atoms with Crippen molar-refractivity contribution in [3.63, 3.8) is 0 Å². The van der Waals surface area contributed by atoms with Crippen molar-refractivity contribution in [3.05, 3.63) is 53.3 Å². The summed E-state index contributed by atoms with van der Waals surface area (Å²) in [7, 11) is 0. The smallest absolute Gasteiger partial charge is 0.257 e. The van der Waals surface area contributed by atoms with E-state index >= 15 is 0 Å². The molecule has 0 amide bonds. The topological polar surface area (TPSA) is 44.9 Å². The molecule has 1 heterocycles. The maximum atomic E-state index is 11.7. The van der Waals surface area contributed by atoms with Crippen LogP contribution in [0.4, 0.5) is 5.82 Å². The van der Waals surface area contributed by atoms with E-state index in [1.54, 1.807) is 6.08 Å². The minimum absolute atomic E-state index is 0.0723. The van der Waals surface area contributed by atoms with Crippen LogP contribution in [0.3, 0.4) is 0 Å². The van der Waals surface area contributed by atoms with Crippen LogP contribution in [-0.4, -0.2) is 11.0 Å². The van der Waals surface area contributed by atoms with Gasteiger partial charge in [0.05, 0.1) is 0 Å². The molecule has 1 unspecified atom stereocenters. The fraction of sp³-hybridized carbons (Fsp3) is 0.154. The van der Waals surface area contributed by atoms with E-state index in [9.17, 15) is 4.79 Å². The molecule has 0 fully saturated rings. The van der Waals surface area contributed by atoms with E-state index in [2.05, 4.69) is 16.9 Å². The van der Waals surface area contributed by atoms with Crippen molar-refractivity contribution >= 4 is 16.6 Å². The van der Waals surface area contributed by atoms with Crippen LogP contribution in [-0.2, 0) is 0 Å². The Kier molecular flexibility index (Phi) is 2.77. The summed E-state index contributed by atoms with van der Waals surface area (Å²) >= 11 is 0. The lowest BCUT2D eigenvalue weighted by atomic mass is 10.2. The lowest BCUT2D eigenvalue weighted by Crippen LogP contribution is -2.16. The molecular weight excluding hydrogens is 200 g/mol. The van der Waals surface area contributed by atoms with Gasteiger partial charge in [0.15, 0.2) is 0 Å². The van der Waals surface area contributed by atoms with Gasteiger partial charge in [-0.3, -0.25) is 4.79 Å². The maximum absolute atomic E-state index is 11.7. The zero-order valence-corrected chi connectivity index (χ0v) is 9.16. The Morgan fingerprint density at radius 3 is 2.94 bits per heavy atom. The predicted octanol–water partition coefficient (Wildman–Crippen LogP) is 2.51. The van der Waals surface area contributed by atoms with Gasteiger partial charge in [0, 0.05) is 11.4 Å². The first-order chi connectivity index (χ1) is 7.70. The van der Waals surface area contributed by atoms with Crippen molar-refractivity contribution in [2.24, 2.45) is 0 Å². The number of anilines is 1. The first kappa shape index (κ1) is 10.5. The summed E-state index contributed by atoms with van der Waals surface area (Å²) < 4.78 is 0. The minimum atomic E-state index is -0.0723. The first-order valence-corrected chi connectivity index (χ1v) is 5.22. The van der Waals surface area contributed by atoms with Gasteiger partial charge in [-0.1, -0.05) is 24.3 Å². The Morgan fingerprint density at radius 2 is 2.19 bits per heavy atom. The molecule has 0 aliphatic rings. The lowest BCUT2D eigenvalue weighted by Gasteiger charge is -2.10. The van der Waals surface area contributed by atoms with Crippen molar-refractivity contribution in [3.8, 4) is 0 Å². The van der Waals surface area contributed by atoms with Gasteiger partial charge in [0.2, 0.25) is 0 Å². The summed E-state index contributed by atoms with van der Waals surface area (Å²) in [6.45, 7) is 5.66. The van der Waals surface area contributed by atoms with Gasteiger partial charge in [-0.05, 0) is 24.4 Å². The molecule has 16 heavy (non-hydrogen) atoms.